The Morgan fingerprint density at radius 3 is 2.59 bits per heavy atom. The topological polar surface area (TPSA) is 58.6 Å². The number of halogens is 2. The zero-order valence-corrected chi connectivity index (χ0v) is 12.6. The molecule has 22 heavy (non-hydrogen) atoms. The molecule has 0 radical (unpaired) electrons. The average molecular weight is 313 g/mol. The number of benzene rings is 1. The summed E-state index contributed by atoms with van der Waals surface area (Å²) in [6.45, 7) is 0.0696. The molecule has 1 aromatic rings. The van der Waals surface area contributed by atoms with Crippen LogP contribution in [-0.4, -0.2) is 30.3 Å². The molecular weight excluding hydrogens is 292 g/mol. The molecule has 2 rings (SSSR count). The molecule has 1 unspecified atom stereocenters. The van der Waals surface area contributed by atoms with Gasteiger partial charge in [0, 0.05) is 6.54 Å². The van der Waals surface area contributed by atoms with Crippen LogP contribution < -0.4 is 5.32 Å². The Morgan fingerprint density at radius 2 is 2.00 bits per heavy atom. The Labute approximate surface area is 128 Å². The van der Waals surface area contributed by atoms with Crippen molar-refractivity contribution in [1.82, 2.24) is 5.32 Å². The lowest BCUT2D eigenvalue weighted by Crippen LogP contribution is -2.54. The molecule has 0 aliphatic heterocycles. The van der Waals surface area contributed by atoms with Gasteiger partial charge in [-0.2, -0.15) is 0 Å². The van der Waals surface area contributed by atoms with E-state index < -0.39 is 23.3 Å². The molecule has 1 aliphatic rings. The number of esters is 1. The minimum Gasteiger partial charge on any atom is -0.468 e. The van der Waals surface area contributed by atoms with Crippen molar-refractivity contribution in [3.05, 3.63) is 35.4 Å². The smallest absolute Gasteiger partial charge is 0.326 e. The minimum atomic E-state index is -1.03. The van der Waals surface area contributed by atoms with Gasteiger partial charge < -0.3 is 9.84 Å². The fourth-order valence-corrected chi connectivity index (χ4v) is 2.93. The van der Waals surface area contributed by atoms with Gasteiger partial charge in [-0.15, -0.1) is 0 Å². The number of methoxy groups -OCH3 is 1. The Morgan fingerprint density at radius 1 is 1.32 bits per heavy atom. The molecule has 0 bridgehead atoms. The summed E-state index contributed by atoms with van der Waals surface area (Å²) in [5.41, 5.74) is -0.533. The van der Waals surface area contributed by atoms with Crippen molar-refractivity contribution in [2.45, 2.75) is 43.7 Å². The number of carbonyl (C=O) groups is 1. The van der Waals surface area contributed by atoms with Crippen LogP contribution in [0.3, 0.4) is 0 Å². The van der Waals surface area contributed by atoms with E-state index in [1.165, 1.54) is 13.2 Å². The first kappa shape index (κ1) is 16.8. The van der Waals surface area contributed by atoms with Crippen molar-refractivity contribution in [3.8, 4) is 0 Å². The van der Waals surface area contributed by atoms with Gasteiger partial charge in [0.1, 0.15) is 5.54 Å². The Kier molecular flexibility index (Phi) is 5.47. The molecule has 1 aliphatic carbocycles. The van der Waals surface area contributed by atoms with Gasteiger partial charge in [-0.25, -0.2) is 8.78 Å². The molecule has 0 saturated heterocycles. The normalized spacial score (nSPS) is 18.7. The summed E-state index contributed by atoms with van der Waals surface area (Å²) in [4.78, 5) is 12.1. The molecule has 1 atom stereocenters. The van der Waals surface area contributed by atoms with Crippen molar-refractivity contribution < 1.29 is 23.4 Å². The predicted molar refractivity (Wildman–Crippen MR) is 77.2 cm³/mol. The summed E-state index contributed by atoms with van der Waals surface area (Å²) in [6.07, 6.45) is 3.13. The van der Waals surface area contributed by atoms with Crippen LogP contribution in [0.1, 0.15) is 43.8 Å². The highest BCUT2D eigenvalue weighted by Gasteiger charge is 2.40. The van der Waals surface area contributed by atoms with E-state index in [2.05, 4.69) is 5.32 Å². The summed E-state index contributed by atoms with van der Waals surface area (Å²) < 4.78 is 31.0. The summed E-state index contributed by atoms with van der Waals surface area (Å²) >= 11 is 0. The largest absolute Gasteiger partial charge is 0.468 e. The molecule has 2 N–H and O–H groups in total. The summed E-state index contributed by atoms with van der Waals surface area (Å²) in [5, 5.41) is 13.2. The minimum absolute atomic E-state index is 0.0696. The number of nitrogens with one attached hydrogen (secondary N) is 1. The van der Waals surface area contributed by atoms with E-state index in [0.29, 0.717) is 12.8 Å². The van der Waals surface area contributed by atoms with Gasteiger partial charge in [0.2, 0.25) is 0 Å². The van der Waals surface area contributed by atoms with Crippen LogP contribution in [0.4, 0.5) is 8.78 Å². The Balaban J connectivity index is 2.05. The van der Waals surface area contributed by atoms with Gasteiger partial charge in [-0.1, -0.05) is 25.3 Å². The van der Waals surface area contributed by atoms with Crippen LogP contribution in [0.5, 0.6) is 0 Å². The summed E-state index contributed by atoms with van der Waals surface area (Å²) in [6, 6.07) is 3.27. The molecule has 122 valence electrons. The van der Waals surface area contributed by atoms with Gasteiger partial charge in [-0.05, 0) is 30.5 Å². The number of aliphatic hydroxyl groups excluding tert-OH is 1. The number of β-amino-alcohol motifs (C(OH)–C–C–N with tert-alkyl or cyclic N) is 1. The standard InChI is InChI=1S/C16H21F2NO3/c1-22-15(21)16(7-3-2-4-8-16)19-10-14(20)11-5-6-12(17)13(18)9-11/h5-6,9,14,19-20H,2-4,7-8,10H2,1H3. The fourth-order valence-electron chi connectivity index (χ4n) is 2.93. The molecule has 0 spiro atoms. The van der Waals surface area contributed by atoms with Crippen LogP contribution >= 0.6 is 0 Å². The van der Waals surface area contributed by atoms with Crippen LogP contribution in [-0.2, 0) is 9.53 Å². The monoisotopic (exact) mass is 313 g/mol. The zero-order chi connectivity index (χ0) is 16.2. The van der Waals surface area contributed by atoms with Crippen molar-refractivity contribution in [2.75, 3.05) is 13.7 Å². The first-order valence-corrected chi connectivity index (χ1v) is 7.45. The second-order valence-corrected chi connectivity index (χ2v) is 5.70. The molecule has 4 nitrogen and oxygen atoms in total. The van der Waals surface area contributed by atoms with Crippen molar-refractivity contribution in [3.63, 3.8) is 0 Å². The first-order chi connectivity index (χ1) is 10.5. The van der Waals surface area contributed by atoms with Crippen LogP contribution in [0.25, 0.3) is 0 Å². The lowest BCUT2D eigenvalue weighted by atomic mass is 9.81. The maximum absolute atomic E-state index is 13.2. The van der Waals surface area contributed by atoms with Crippen molar-refractivity contribution >= 4 is 5.97 Å². The fraction of sp³-hybridized carbons (Fsp3) is 0.562. The molecular formula is C16H21F2NO3. The van der Waals surface area contributed by atoms with E-state index in [9.17, 15) is 18.7 Å². The molecule has 6 heteroatoms. The van der Waals surface area contributed by atoms with Crippen molar-refractivity contribution in [2.24, 2.45) is 0 Å². The third-order valence-electron chi connectivity index (χ3n) is 4.25. The van der Waals surface area contributed by atoms with Crippen molar-refractivity contribution in [1.29, 1.82) is 0 Å². The Hall–Kier alpha value is -1.53. The highest BCUT2D eigenvalue weighted by Crippen LogP contribution is 2.30. The highest BCUT2D eigenvalue weighted by molar-refractivity contribution is 5.80. The van der Waals surface area contributed by atoms with Crippen LogP contribution in [0.2, 0.25) is 0 Å². The quantitative estimate of drug-likeness (QED) is 0.820. The van der Waals surface area contributed by atoms with E-state index in [4.69, 9.17) is 4.74 Å². The van der Waals surface area contributed by atoms with Gasteiger partial charge >= 0.3 is 5.97 Å². The summed E-state index contributed by atoms with van der Waals surface area (Å²) in [7, 11) is 1.34. The number of hydrogen-bond donors (Lipinski definition) is 2. The van der Waals surface area contributed by atoms with E-state index in [1.807, 2.05) is 0 Å². The maximum atomic E-state index is 13.2. The van der Waals surface area contributed by atoms with E-state index in [0.717, 1.165) is 31.4 Å². The molecule has 0 heterocycles. The predicted octanol–water partition coefficient (Wildman–Crippen LogP) is 2.46. The SMILES string of the molecule is COC(=O)C1(NCC(O)c2ccc(F)c(F)c2)CCCCC1. The number of hydrogen-bond acceptors (Lipinski definition) is 4. The number of ether oxygens (including phenoxy) is 1. The van der Waals surface area contributed by atoms with E-state index in [1.54, 1.807) is 0 Å². The zero-order valence-electron chi connectivity index (χ0n) is 12.6. The third kappa shape index (κ3) is 3.62. The number of aliphatic hydroxyl groups is 1. The second kappa shape index (κ2) is 7.15. The lowest BCUT2D eigenvalue weighted by molar-refractivity contribution is -0.150. The second-order valence-electron chi connectivity index (χ2n) is 5.70. The highest BCUT2D eigenvalue weighted by atomic mass is 19.2. The number of rotatable bonds is 5. The van der Waals surface area contributed by atoms with E-state index in [-0.39, 0.29) is 18.1 Å². The molecule has 0 aromatic heterocycles. The number of carbonyl (C=O) groups excluding carboxylic acids is 1. The maximum Gasteiger partial charge on any atom is 0.326 e. The van der Waals surface area contributed by atoms with Gasteiger partial charge in [0.05, 0.1) is 13.2 Å². The first-order valence-electron chi connectivity index (χ1n) is 7.45. The average Bonchev–Trinajstić information content (AvgIpc) is 2.55. The van der Waals surface area contributed by atoms with Gasteiger partial charge in [0.25, 0.3) is 0 Å². The van der Waals surface area contributed by atoms with Crippen LogP contribution in [0, 0.1) is 11.6 Å². The Bertz CT molecular complexity index is 530. The van der Waals surface area contributed by atoms with E-state index >= 15 is 0 Å². The summed E-state index contributed by atoms with van der Waals surface area (Å²) in [5.74, 6) is -2.30. The molecule has 1 aromatic carbocycles. The molecule has 1 fully saturated rings. The molecule has 1 saturated carbocycles. The van der Waals surface area contributed by atoms with Gasteiger partial charge in [-0.3, -0.25) is 10.1 Å². The molecule has 0 amide bonds. The lowest BCUT2D eigenvalue weighted by Gasteiger charge is -2.36. The van der Waals surface area contributed by atoms with Gasteiger partial charge in [0.15, 0.2) is 11.6 Å². The third-order valence-corrected chi connectivity index (χ3v) is 4.25. The van der Waals surface area contributed by atoms with Crippen LogP contribution in [0.15, 0.2) is 18.2 Å².